The zero-order valence-corrected chi connectivity index (χ0v) is 13.6. The molecule has 0 aliphatic rings. The zero-order chi connectivity index (χ0) is 16.1. The van der Waals surface area contributed by atoms with Gasteiger partial charge in [0.25, 0.3) is 5.91 Å². The molecule has 2 aromatic heterocycles. The third-order valence-electron chi connectivity index (χ3n) is 3.27. The molecule has 2 heterocycles. The van der Waals surface area contributed by atoms with Crippen molar-refractivity contribution >= 4 is 17.2 Å². The summed E-state index contributed by atoms with van der Waals surface area (Å²) in [5, 5.41) is 6.12. The highest BCUT2D eigenvalue weighted by Crippen LogP contribution is 2.22. The fourth-order valence-electron chi connectivity index (χ4n) is 2.08. The van der Waals surface area contributed by atoms with Gasteiger partial charge in [-0.1, -0.05) is 49.7 Å². The number of benzene rings is 1. The van der Waals surface area contributed by atoms with Crippen LogP contribution in [0.4, 0.5) is 0 Å². The molecule has 0 saturated carbocycles. The van der Waals surface area contributed by atoms with Crippen molar-refractivity contribution in [3.63, 3.8) is 0 Å². The first-order chi connectivity index (χ1) is 11.3. The van der Waals surface area contributed by atoms with Crippen LogP contribution in [0.25, 0.3) is 11.4 Å². The molecule has 23 heavy (non-hydrogen) atoms. The topological polar surface area (TPSA) is 57.0 Å². The molecule has 0 spiro atoms. The van der Waals surface area contributed by atoms with E-state index in [1.165, 1.54) is 16.0 Å². The summed E-state index contributed by atoms with van der Waals surface area (Å²) in [5.41, 5.74) is 0.829. The van der Waals surface area contributed by atoms with E-state index in [1.54, 1.807) is 6.07 Å². The largest absolute Gasteiger partial charge is 0.462 e. The van der Waals surface area contributed by atoms with Crippen LogP contribution in [0.2, 0.25) is 0 Å². The first kappa shape index (κ1) is 15.4. The molecule has 6 heteroatoms. The molecule has 0 aliphatic heterocycles. The van der Waals surface area contributed by atoms with E-state index in [1.807, 2.05) is 41.8 Å². The van der Waals surface area contributed by atoms with Crippen molar-refractivity contribution in [2.75, 3.05) is 6.61 Å². The molecule has 0 unspecified atom stereocenters. The Labute approximate surface area is 138 Å². The van der Waals surface area contributed by atoms with Crippen LogP contribution < -0.4 is 4.74 Å². The van der Waals surface area contributed by atoms with E-state index >= 15 is 0 Å². The molecule has 0 N–H and O–H groups in total. The summed E-state index contributed by atoms with van der Waals surface area (Å²) >= 11 is 1.38. The van der Waals surface area contributed by atoms with Crippen LogP contribution >= 0.6 is 11.3 Å². The number of hydrogen-bond donors (Lipinski definition) is 0. The first-order valence-corrected chi connectivity index (χ1v) is 8.41. The predicted molar refractivity (Wildman–Crippen MR) is 89.9 cm³/mol. The fourth-order valence-corrected chi connectivity index (χ4v) is 2.73. The van der Waals surface area contributed by atoms with Crippen molar-refractivity contribution in [3.8, 4) is 17.4 Å². The maximum Gasteiger partial charge on any atom is 0.336 e. The summed E-state index contributed by atoms with van der Waals surface area (Å²) in [5.74, 6) is 0.298. The van der Waals surface area contributed by atoms with Crippen molar-refractivity contribution in [1.82, 2.24) is 14.8 Å². The molecule has 0 amide bonds. The van der Waals surface area contributed by atoms with Gasteiger partial charge in [-0.2, -0.15) is 9.67 Å². The predicted octanol–water partition coefficient (Wildman–Crippen LogP) is 3.87. The minimum absolute atomic E-state index is 0.198. The van der Waals surface area contributed by atoms with Gasteiger partial charge in [-0.15, -0.1) is 16.4 Å². The number of nitrogens with zero attached hydrogens (tertiary/aromatic N) is 3. The third kappa shape index (κ3) is 3.48. The lowest BCUT2D eigenvalue weighted by Gasteiger charge is -2.02. The van der Waals surface area contributed by atoms with Crippen molar-refractivity contribution in [1.29, 1.82) is 0 Å². The lowest BCUT2D eigenvalue weighted by Crippen LogP contribution is -2.14. The monoisotopic (exact) mass is 327 g/mol. The molecule has 5 nitrogen and oxygen atoms in total. The normalized spacial score (nSPS) is 10.7. The quantitative estimate of drug-likeness (QED) is 0.645. The number of carbonyl (C=O) groups is 1. The van der Waals surface area contributed by atoms with E-state index in [0.29, 0.717) is 17.3 Å². The molecular formula is C17H17N3O2S. The Kier molecular flexibility index (Phi) is 4.83. The Bertz CT molecular complexity index is 767. The van der Waals surface area contributed by atoms with Crippen LogP contribution in [-0.4, -0.2) is 27.3 Å². The number of hydrogen-bond acceptors (Lipinski definition) is 5. The Morgan fingerprint density at radius 2 is 2.04 bits per heavy atom. The SMILES string of the molecule is CCCCOc1nc(-c2ccccc2)n(C(=O)c2cccs2)n1. The summed E-state index contributed by atoms with van der Waals surface area (Å²) in [6, 6.07) is 13.4. The van der Waals surface area contributed by atoms with E-state index in [0.717, 1.165) is 18.4 Å². The molecule has 0 fully saturated rings. The Morgan fingerprint density at radius 1 is 1.22 bits per heavy atom. The van der Waals surface area contributed by atoms with Gasteiger partial charge in [-0.25, -0.2) is 0 Å². The van der Waals surface area contributed by atoms with E-state index in [9.17, 15) is 4.79 Å². The smallest absolute Gasteiger partial charge is 0.336 e. The highest BCUT2D eigenvalue weighted by Gasteiger charge is 2.20. The summed E-state index contributed by atoms with van der Waals surface area (Å²) in [6.07, 6.45) is 1.95. The Balaban J connectivity index is 1.97. The van der Waals surface area contributed by atoms with Gasteiger partial charge in [-0.05, 0) is 17.9 Å². The third-order valence-corrected chi connectivity index (χ3v) is 4.13. The van der Waals surface area contributed by atoms with Gasteiger partial charge in [0.2, 0.25) is 0 Å². The maximum atomic E-state index is 12.7. The van der Waals surface area contributed by atoms with E-state index in [2.05, 4.69) is 17.0 Å². The molecule has 3 rings (SSSR count). The van der Waals surface area contributed by atoms with E-state index < -0.39 is 0 Å². The minimum Gasteiger partial charge on any atom is -0.462 e. The molecular weight excluding hydrogens is 310 g/mol. The highest BCUT2D eigenvalue weighted by molar-refractivity contribution is 7.12. The minimum atomic E-state index is -0.198. The van der Waals surface area contributed by atoms with Crippen molar-refractivity contribution < 1.29 is 9.53 Å². The van der Waals surface area contributed by atoms with Gasteiger partial charge < -0.3 is 4.74 Å². The second-order valence-electron chi connectivity index (χ2n) is 4.98. The Hall–Kier alpha value is -2.47. The van der Waals surface area contributed by atoms with Crippen molar-refractivity contribution in [2.24, 2.45) is 0 Å². The van der Waals surface area contributed by atoms with Crippen LogP contribution in [0, 0.1) is 0 Å². The molecule has 0 radical (unpaired) electrons. The number of rotatable bonds is 6. The molecule has 1 aromatic carbocycles. The lowest BCUT2D eigenvalue weighted by atomic mass is 10.2. The number of ether oxygens (including phenoxy) is 1. The maximum absolute atomic E-state index is 12.7. The lowest BCUT2D eigenvalue weighted by molar-refractivity contribution is 0.0948. The second-order valence-corrected chi connectivity index (χ2v) is 5.93. The fraction of sp³-hybridized carbons (Fsp3) is 0.235. The first-order valence-electron chi connectivity index (χ1n) is 7.53. The van der Waals surface area contributed by atoms with Gasteiger partial charge in [0.1, 0.15) is 0 Å². The van der Waals surface area contributed by atoms with Crippen LogP contribution in [-0.2, 0) is 0 Å². The molecule has 0 bridgehead atoms. The number of thiophene rings is 1. The molecule has 0 saturated heterocycles. The van der Waals surface area contributed by atoms with Gasteiger partial charge in [-0.3, -0.25) is 4.79 Å². The number of carbonyl (C=O) groups excluding carboxylic acids is 1. The van der Waals surface area contributed by atoms with Crippen molar-refractivity contribution in [2.45, 2.75) is 19.8 Å². The zero-order valence-electron chi connectivity index (χ0n) is 12.8. The molecule has 0 atom stereocenters. The molecule has 3 aromatic rings. The summed E-state index contributed by atoms with van der Waals surface area (Å²) < 4.78 is 6.89. The van der Waals surface area contributed by atoms with Crippen molar-refractivity contribution in [3.05, 3.63) is 52.7 Å². The molecule has 118 valence electrons. The van der Waals surface area contributed by atoms with Crippen LogP contribution in [0.5, 0.6) is 6.01 Å². The standard InChI is InChI=1S/C17H17N3O2S/c1-2-3-11-22-17-18-15(13-8-5-4-6-9-13)20(19-17)16(21)14-10-7-12-23-14/h4-10,12H,2-3,11H2,1H3. The van der Waals surface area contributed by atoms with E-state index in [4.69, 9.17) is 4.74 Å². The second kappa shape index (κ2) is 7.19. The number of unbranched alkanes of at least 4 members (excludes halogenated alkanes) is 1. The average Bonchev–Trinajstić information content (AvgIpc) is 3.25. The van der Waals surface area contributed by atoms with Crippen LogP contribution in [0.1, 0.15) is 29.4 Å². The van der Waals surface area contributed by atoms with E-state index in [-0.39, 0.29) is 11.9 Å². The van der Waals surface area contributed by atoms with Crippen LogP contribution in [0.15, 0.2) is 47.8 Å². The highest BCUT2D eigenvalue weighted by atomic mass is 32.1. The summed E-state index contributed by atoms with van der Waals surface area (Å²) in [6.45, 7) is 2.63. The number of aromatic nitrogens is 3. The van der Waals surface area contributed by atoms with Gasteiger partial charge in [0.15, 0.2) is 5.82 Å². The van der Waals surface area contributed by atoms with Gasteiger partial charge in [0, 0.05) is 5.56 Å². The van der Waals surface area contributed by atoms with Gasteiger partial charge >= 0.3 is 6.01 Å². The Morgan fingerprint density at radius 3 is 2.74 bits per heavy atom. The van der Waals surface area contributed by atoms with Gasteiger partial charge in [0.05, 0.1) is 11.5 Å². The summed E-state index contributed by atoms with van der Waals surface area (Å²) in [4.78, 5) is 17.7. The van der Waals surface area contributed by atoms with Crippen LogP contribution in [0.3, 0.4) is 0 Å². The average molecular weight is 327 g/mol. The molecule has 0 aliphatic carbocycles. The summed E-state index contributed by atoms with van der Waals surface area (Å²) in [7, 11) is 0.